The molecule has 0 spiro atoms. The summed E-state index contributed by atoms with van der Waals surface area (Å²) >= 11 is 0. The van der Waals surface area contributed by atoms with E-state index < -0.39 is 0 Å². The fraction of sp³-hybridized carbons (Fsp3) is 0.700. The van der Waals surface area contributed by atoms with Crippen molar-refractivity contribution < 1.29 is 4.79 Å². The van der Waals surface area contributed by atoms with Gasteiger partial charge in [0, 0.05) is 32.6 Å². The largest absolute Gasteiger partial charge is 0.368 e. The molecule has 1 aliphatic heterocycles. The monoisotopic (exact) mass is 372 g/mol. The first-order valence-electron chi connectivity index (χ1n) is 10.3. The van der Waals surface area contributed by atoms with Gasteiger partial charge in [0.2, 0.25) is 5.91 Å². The van der Waals surface area contributed by atoms with Gasteiger partial charge in [-0.2, -0.15) is 5.10 Å². The summed E-state index contributed by atoms with van der Waals surface area (Å²) in [6.45, 7) is 9.75. The third-order valence-corrected chi connectivity index (χ3v) is 5.02. The van der Waals surface area contributed by atoms with E-state index >= 15 is 0 Å². The van der Waals surface area contributed by atoms with Gasteiger partial charge in [-0.3, -0.25) is 4.79 Å². The number of hydrogen-bond acceptors (Lipinski definition) is 5. The number of likely N-dealkylation sites (tertiary alicyclic amines) is 1. The first-order valence-corrected chi connectivity index (χ1v) is 10.3. The van der Waals surface area contributed by atoms with Crippen LogP contribution in [-0.2, 0) is 17.8 Å². The molecule has 0 saturated carbocycles. The lowest BCUT2D eigenvalue weighted by molar-refractivity contribution is -0.133. The van der Waals surface area contributed by atoms with Crippen LogP contribution < -0.4 is 5.32 Å². The second kappa shape index (κ2) is 9.15. The van der Waals surface area contributed by atoms with Crippen LogP contribution >= 0.6 is 0 Å². The number of carbonyl (C=O) groups is 1. The van der Waals surface area contributed by atoms with Crippen molar-refractivity contribution in [2.45, 2.75) is 65.8 Å². The van der Waals surface area contributed by atoms with Gasteiger partial charge in [-0.1, -0.05) is 27.2 Å². The molecule has 1 saturated heterocycles. The maximum atomic E-state index is 12.0. The minimum atomic E-state index is 0.267. The van der Waals surface area contributed by atoms with E-state index in [-0.39, 0.29) is 5.91 Å². The van der Waals surface area contributed by atoms with Gasteiger partial charge in [0.15, 0.2) is 5.65 Å². The lowest BCUT2D eigenvalue weighted by Crippen LogP contribution is -2.38. The van der Waals surface area contributed by atoms with Crippen molar-refractivity contribution in [3.05, 3.63) is 12.0 Å². The van der Waals surface area contributed by atoms with Gasteiger partial charge in [0.1, 0.15) is 12.1 Å². The molecule has 0 atom stereocenters. The zero-order chi connectivity index (χ0) is 19.2. The smallest absolute Gasteiger partial charge is 0.222 e. The molecule has 0 aliphatic carbocycles. The number of nitrogens with zero attached hydrogens (tertiary/aromatic N) is 5. The fourth-order valence-electron chi connectivity index (χ4n) is 3.62. The maximum absolute atomic E-state index is 12.0. The van der Waals surface area contributed by atoms with Crippen LogP contribution in [0.15, 0.2) is 6.33 Å². The molecule has 148 valence electrons. The summed E-state index contributed by atoms with van der Waals surface area (Å²) in [6.07, 6.45) is 7.53. The van der Waals surface area contributed by atoms with Crippen LogP contribution in [0.2, 0.25) is 0 Å². The summed E-state index contributed by atoms with van der Waals surface area (Å²) in [4.78, 5) is 22.9. The van der Waals surface area contributed by atoms with Crippen molar-refractivity contribution in [1.29, 1.82) is 0 Å². The SMILES string of the molecule is CCCCn1nc(CC(C)C)c2c(NCCN3CCCCC3=O)ncnc21. The summed E-state index contributed by atoms with van der Waals surface area (Å²) in [7, 11) is 0. The Kier molecular flexibility index (Phi) is 6.63. The molecule has 3 rings (SSSR count). The highest BCUT2D eigenvalue weighted by Crippen LogP contribution is 2.26. The van der Waals surface area contributed by atoms with Crippen molar-refractivity contribution in [2.75, 3.05) is 25.0 Å². The Labute approximate surface area is 161 Å². The molecule has 0 radical (unpaired) electrons. The number of nitrogens with one attached hydrogen (secondary N) is 1. The van der Waals surface area contributed by atoms with Crippen molar-refractivity contribution >= 4 is 22.8 Å². The molecule has 7 nitrogen and oxygen atoms in total. The van der Waals surface area contributed by atoms with E-state index in [1.54, 1.807) is 6.33 Å². The first kappa shape index (κ1) is 19.6. The molecule has 27 heavy (non-hydrogen) atoms. The Bertz CT molecular complexity index is 769. The predicted molar refractivity (Wildman–Crippen MR) is 108 cm³/mol. The van der Waals surface area contributed by atoms with Gasteiger partial charge in [0.05, 0.1) is 11.1 Å². The van der Waals surface area contributed by atoms with Crippen molar-refractivity contribution in [3.8, 4) is 0 Å². The number of anilines is 1. The van der Waals surface area contributed by atoms with Crippen LogP contribution in [0.1, 0.15) is 58.6 Å². The number of carbonyl (C=O) groups excluding carboxylic acids is 1. The van der Waals surface area contributed by atoms with E-state index in [1.807, 2.05) is 9.58 Å². The quantitative estimate of drug-likeness (QED) is 0.731. The van der Waals surface area contributed by atoms with Crippen molar-refractivity contribution in [2.24, 2.45) is 5.92 Å². The van der Waals surface area contributed by atoms with E-state index in [9.17, 15) is 4.79 Å². The van der Waals surface area contributed by atoms with Crippen molar-refractivity contribution in [1.82, 2.24) is 24.6 Å². The number of aromatic nitrogens is 4. The van der Waals surface area contributed by atoms with E-state index in [4.69, 9.17) is 5.10 Å². The second-order valence-electron chi connectivity index (χ2n) is 7.81. The minimum Gasteiger partial charge on any atom is -0.368 e. The molecule has 0 unspecified atom stereocenters. The average molecular weight is 373 g/mol. The molecule has 2 aromatic rings. The Morgan fingerprint density at radius 3 is 2.81 bits per heavy atom. The van der Waals surface area contributed by atoms with Crippen LogP contribution in [0.4, 0.5) is 5.82 Å². The number of rotatable bonds is 9. The minimum absolute atomic E-state index is 0.267. The van der Waals surface area contributed by atoms with Crippen LogP contribution in [0.25, 0.3) is 11.0 Å². The molecule has 1 fully saturated rings. The lowest BCUT2D eigenvalue weighted by atomic mass is 10.1. The summed E-state index contributed by atoms with van der Waals surface area (Å²) in [6, 6.07) is 0. The van der Waals surface area contributed by atoms with Gasteiger partial charge in [-0.15, -0.1) is 0 Å². The summed E-state index contributed by atoms with van der Waals surface area (Å²) in [5.41, 5.74) is 1.97. The summed E-state index contributed by atoms with van der Waals surface area (Å²) < 4.78 is 2.03. The third kappa shape index (κ3) is 4.76. The highest BCUT2D eigenvalue weighted by atomic mass is 16.2. The number of unbranched alkanes of at least 4 members (excludes halogenated alkanes) is 1. The standard InChI is InChI=1S/C20H32N6O/c1-4-5-11-26-20-18(16(24-26)13-15(2)3)19(22-14-23-20)21-9-12-25-10-7-6-8-17(25)27/h14-15H,4-13H2,1-3H3,(H,21,22,23). The number of aryl methyl sites for hydroxylation is 1. The van der Waals surface area contributed by atoms with Crippen LogP contribution in [0, 0.1) is 5.92 Å². The Morgan fingerprint density at radius 1 is 1.22 bits per heavy atom. The van der Waals surface area contributed by atoms with Crippen LogP contribution in [-0.4, -0.2) is 50.2 Å². The second-order valence-corrected chi connectivity index (χ2v) is 7.81. The van der Waals surface area contributed by atoms with Gasteiger partial charge < -0.3 is 10.2 Å². The van der Waals surface area contributed by atoms with E-state index in [1.165, 1.54) is 0 Å². The predicted octanol–water partition coefficient (Wildman–Crippen LogP) is 3.25. The molecule has 1 amide bonds. The Morgan fingerprint density at radius 2 is 2.07 bits per heavy atom. The molecule has 3 heterocycles. The molecule has 0 aromatic carbocycles. The van der Waals surface area contributed by atoms with E-state index in [0.717, 1.165) is 67.7 Å². The number of hydrogen-bond donors (Lipinski definition) is 1. The molecular weight excluding hydrogens is 340 g/mol. The number of fused-ring (bicyclic) bond motifs is 1. The van der Waals surface area contributed by atoms with Gasteiger partial charge >= 0.3 is 0 Å². The number of piperidine rings is 1. The highest BCUT2D eigenvalue weighted by molar-refractivity contribution is 5.89. The molecule has 1 aliphatic rings. The molecule has 1 N–H and O–H groups in total. The number of amides is 1. The summed E-state index contributed by atoms with van der Waals surface area (Å²) in [5, 5.41) is 9.32. The average Bonchev–Trinajstić information content (AvgIpc) is 2.99. The van der Waals surface area contributed by atoms with Crippen LogP contribution in [0.3, 0.4) is 0 Å². The van der Waals surface area contributed by atoms with Gasteiger partial charge in [0.25, 0.3) is 0 Å². The first-order chi connectivity index (χ1) is 13.1. The maximum Gasteiger partial charge on any atom is 0.222 e. The van der Waals surface area contributed by atoms with E-state index in [2.05, 4.69) is 36.1 Å². The molecular formula is C20H32N6O. The fourth-order valence-corrected chi connectivity index (χ4v) is 3.62. The van der Waals surface area contributed by atoms with E-state index in [0.29, 0.717) is 25.4 Å². The highest BCUT2D eigenvalue weighted by Gasteiger charge is 2.19. The zero-order valence-electron chi connectivity index (χ0n) is 16.9. The topological polar surface area (TPSA) is 75.9 Å². The Balaban J connectivity index is 1.79. The van der Waals surface area contributed by atoms with Gasteiger partial charge in [-0.05, 0) is 31.6 Å². The molecule has 7 heteroatoms. The zero-order valence-corrected chi connectivity index (χ0v) is 16.9. The van der Waals surface area contributed by atoms with Gasteiger partial charge in [-0.25, -0.2) is 14.6 Å². The van der Waals surface area contributed by atoms with Crippen LogP contribution in [0.5, 0.6) is 0 Å². The third-order valence-electron chi connectivity index (χ3n) is 5.02. The van der Waals surface area contributed by atoms with Crippen molar-refractivity contribution in [3.63, 3.8) is 0 Å². The molecule has 2 aromatic heterocycles. The summed E-state index contributed by atoms with van der Waals surface area (Å²) in [5.74, 6) is 1.62. The normalized spacial score (nSPS) is 15.1. The Hall–Kier alpha value is -2.18. The lowest BCUT2D eigenvalue weighted by Gasteiger charge is -2.26. The molecule has 0 bridgehead atoms.